The Balaban J connectivity index is 1.57. The monoisotopic (exact) mass is 380 g/mol. The summed E-state index contributed by atoms with van der Waals surface area (Å²) in [6, 6.07) is 22.3. The molecule has 0 aliphatic rings. The SMILES string of the molecule is C=CC(=O)Nc1cncc(-c2cccc(-c3ccn(Cc4ccccc4)n3)c2)c1. The Morgan fingerprint density at radius 3 is 2.62 bits per heavy atom. The van der Waals surface area contributed by atoms with Gasteiger partial charge >= 0.3 is 0 Å². The maximum atomic E-state index is 11.5. The van der Waals surface area contributed by atoms with Crippen molar-refractivity contribution in [2.24, 2.45) is 0 Å². The van der Waals surface area contributed by atoms with Crippen molar-refractivity contribution < 1.29 is 4.79 Å². The molecule has 2 aromatic carbocycles. The second-order valence-electron chi connectivity index (χ2n) is 6.62. The van der Waals surface area contributed by atoms with Crippen LogP contribution in [0.15, 0.2) is 98.0 Å². The molecule has 1 amide bonds. The molecule has 0 aliphatic heterocycles. The van der Waals surface area contributed by atoms with Crippen LogP contribution in [0.4, 0.5) is 5.69 Å². The number of carbonyl (C=O) groups excluding carboxylic acids is 1. The van der Waals surface area contributed by atoms with Gasteiger partial charge in [0.25, 0.3) is 0 Å². The first-order valence-corrected chi connectivity index (χ1v) is 9.28. The van der Waals surface area contributed by atoms with E-state index in [1.807, 2.05) is 59.4 Å². The zero-order valence-electron chi connectivity index (χ0n) is 15.8. The van der Waals surface area contributed by atoms with E-state index in [1.165, 1.54) is 11.6 Å². The van der Waals surface area contributed by atoms with Gasteiger partial charge in [-0.1, -0.05) is 55.1 Å². The van der Waals surface area contributed by atoms with Crippen molar-refractivity contribution in [1.29, 1.82) is 0 Å². The zero-order chi connectivity index (χ0) is 20.1. The van der Waals surface area contributed by atoms with Crippen LogP contribution in [0.25, 0.3) is 22.4 Å². The van der Waals surface area contributed by atoms with E-state index < -0.39 is 0 Å². The summed E-state index contributed by atoms with van der Waals surface area (Å²) in [5, 5.41) is 7.45. The number of hydrogen-bond acceptors (Lipinski definition) is 3. The summed E-state index contributed by atoms with van der Waals surface area (Å²) in [6.45, 7) is 4.20. The predicted molar refractivity (Wildman–Crippen MR) is 115 cm³/mol. The first-order valence-electron chi connectivity index (χ1n) is 9.28. The molecule has 0 fully saturated rings. The number of anilines is 1. The van der Waals surface area contributed by atoms with E-state index in [9.17, 15) is 4.79 Å². The number of benzene rings is 2. The van der Waals surface area contributed by atoms with Gasteiger partial charge in [0.1, 0.15) is 0 Å². The predicted octanol–water partition coefficient (Wildman–Crippen LogP) is 4.78. The number of nitrogens with one attached hydrogen (secondary N) is 1. The third kappa shape index (κ3) is 4.47. The molecule has 2 heterocycles. The third-order valence-corrected chi connectivity index (χ3v) is 4.51. The smallest absolute Gasteiger partial charge is 0.247 e. The Labute approximate surface area is 169 Å². The Bertz CT molecular complexity index is 1150. The maximum Gasteiger partial charge on any atom is 0.247 e. The topological polar surface area (TPSA) is 59.8 Å². The van der Waals surface area contributed by atoms with Crippen LogP contribution >= 0.6 is 0 Å². The largest absolute Gasteiger partial charge is 0.321 e. The summed E-state index contributed by atoms with van der Waals surface area (Å²) in [4.78, 5) is 15.8. The number of pyridine rings is 1. The van der Waals surface area contributed by atoms with Gasteiger partial charge in [-0.3, -0.25) is 14.5 Å². The molecule has 0 unspecified atom stereocenters. The summed E-state index contributed by atoms with van der Waals surface area (Å²) in [6.07, 6.45) is 6.61. The molecule has 0 radical (unpaired) electrons. The molecular formula is C24H20N4O. The molecule has 4 aromatic rings. The van der Waals surface area contributed by atoms with Gasteiger partial charge in [-0.05, 0) is 35.4 Å². The van der Waals surface area contributed by atoms with Crippen LogP contribution in [-0.2, 0) is 11.3 Å². The summed E-state index contributed by atoms with van der Waals surface area (Å²) in [7, 11) is 0. The lowest BCUT2D eigenvalue weighted by molar-refractivity contribution is -0.111. The highest BCUT2D eigenvalue weighted by atomic mass is 16.1. The van der Waals surface area contributed by atoms with E-state index in [-0.39, 0.29) is 5.91 Å². The zero-order valence-corrected chi connectivity index (χ0v) is 15.8. The van der Waals surface area contributed by atoms with Gasteiger partial charge in [0, 0.05) is 23.5 Å². The number of carbonyl (C=O) groups is 1. The third-order valence-electron chi connectivity index (χ3n) is 4.51. The summed E-state index contributed by atoms with van der Waals surface area (Å²) >= 11 is 0. The fourth-order valence-corrected chi connectivity index (χ4v) is 3.09. The quantitative estimate of drug-likeness (QED) is 0.490. The highest BCUT2D eigenvalue weighted by Crippen LogP contribution is 2.26. The molecular weight excluding hydrogens is 360 g/mol. The van der Waals surface area contributed by atoms with Crippen molar-refractivity contribution in [3.8, 4) is 22.4 Å². The van der Waals surface area contributed by atoms with Crippen molar-refractivity contribution in [2.45, 2.75) is 6.54 Å². The van der Waals surface area contributed by atoms with Crippen LogP contribution in [0.3, 0.4) is 0 Å². The molecule has 5 nitrogen and oxygen atoms in total. The summed E-state index contributed by atoms with van der Waals surface area (Å²) in [5.41, 5.74) is 5.69. The van der Waals surface area contributed by atoms with Crippen LogP contribution < -0.4 is 5.32 Å². The van der Waals surface area contributed by atoms with Gasteiger partial charge in [-0.25, -0.2) is 0 Å². The van der Waals surface area contributed by atoms with E-state index in [2.05, 4.69) is 35.1 Å². The number of nitrogens with zero attached hydrogens (tertiary/aromatic N) is 3. The van der Waals surface area contributed by atoms with Crippen molar-refractivity contribution in [1.82, 2.24) is 14.8 Å². The van der Waals surface area contributed by atoms with Gasteiger partial charge in [0.05, 0.1) is 24.1 Å². The molecule has 0 saturated carbocycles. The molecule has 0 saturated heterocycles. The van der Waals surface area contributed by atoms with Crippen LogP contribution in [0.1, 0.15) is 5.56 Å². The molecule has 0 bridgehead atoms. The lowest BCUT2D eigenvalue weighted by Crippen LogP contribution is -2.07. The molecule has 4 rings (SSSR count). The second-order valence-corrected chi connectivity index (χ2v) is 6.62. The van der Waals surface area contributed by atoms with E-state index >= 15 is 0 Å². The normalized spacial score (nSPS) is 10.5. The van der Waals surface area contributed by atoms with E-state index in [0.29, 0.717) is 5.69 Å². The molecule has 5 heteroatoms. The Hall–Kier alpha value is -3.99. The minimum atomic E-state index is -0.262. The minimum absolute atomic E-state index is 0.262. The van der Waals surface area contributed by atoms with Gasteiger partial charge in [-0.15, -0.1) is 0 Å². The minimum Gasteiger partial charge on any atom is -0.321 e. The molecule has 2 aromatic heterocycles. The van der Waals surface area contributed by atoms with Gasteiger partial charge in [0.2, 0.25) is 5.91 Å². The Kier molecular flexibility index (Phi) is 5.29. The number of rotatable bonds is 6. The molecule has 142 valence electrons. The Morgan fingerprint density at radius 2 is 1.79 bits per heavy atom. The van der Waals surface area contributed by atoms with Crippen LogP contribution in [0.2, 0.25) is 0 Å². The van der Waals surface area contributed by atoms with Crippen LogP contribution in [0, 0.1) is 0 Å². The second kappa shape index (κ2) is 8.35. The molecule has 0 aliphatic carbocycles. The fourth-order valence-electron chi connectivity index (χ4n) is 3.09. The van der Waals surface area contributed by atoms with E-state index in [4.69, 9.17) is 5.10 Å². The van der Waals surface area contributed by atoms with Crippen molar-refractivity contribution in [3.05, 3.63) is 104 Å². The first-order chi connectivity index (χ1) is 14.2. The molecule has 29 heavy (non-hydrogen) atoms. The van der Waals surface area contributed by atoms with E-state index in [0.717, 1.165) is 28.9 Å². The van der Waals surface area contributed by atoms with Crippen LogP contribution in [-0.4, -0.2) is 20.7 Å². The number of amides is 1. The highest BCUT2D eigenvalue weighted by molar-refractivity contribution is 5.99. The Morgan fingerprint density at radius 1 is 0.966 bits per heavy atom. The summed E-state index contributed by atoms with van der Waals surface area (Å²) in [5.74, 6) is -0.262. The molecule has 0 atom stereocenters. The van der Waals surface area contributed by atoms with Crippen molar-refractivity contribution in [2.75, 3.05) is 5.32 Å². The highest BCUT2D eigenvalue weighted by Gasteiger charge is 2.07. The standard InChI is InChI=1S/C24H20N4O/c1-2-24(29)26-22-14-21(15-25-16-22)19-9-6-10-20(13-19)23-11-12-28(27-23)17-18-7-4-3-5-8-18/h2-16H,1,17H2,(H,26,29). The van der Waals surface area contributed by atoms with Crippen molar-refractivity contribution >= 4 is 11.6 Å². The maximum absolute atomic E-state index is 11.5. The average molecular weight is 380 g/mol. The van der Waals surface area contributed by atoms with Gasteiger partial charge < -0.3 is 5.32 Å². The number of hydrogen-bond donors (Lipinski definition) is 1. The van der Waals surface area contributed by atoms with Crippen LogP contribution in [0.5, 0.6) is 0 Å². The first kappa shape index (κ1) is 18.4. The van der Waals surface area contributed by atoms with Crippen molar-refractivity contribution in [3.63, 3.8) is 0 Å². The molecule has 0 spiro atoms. The number of aromatic nitrogens is 3. The summed E-state index contributed by atoms with van der Waals surface area (Å²) < 4.78 is 1.93. The van der Waals surface area contributed by atoms with Gasteiger partial charge in [0.15, 0.2) is 0 Å². The fraction of sp³-hybridized carbons (Fsp3) is 0.0417. The molecule has 1 N–H and O–H groups in total. The van der Waals surface area contributed by atoms with Gasteiger partial charge in [-0.2, -0.15) is 5.10 Å². The average Bonchev–Trinajstić information content (AvgIpc) is 3.23. The lowest BCUT2D eigenvalue weighted by Gasteiger charge is -2.07. The van der Waals surface area contributed by atoms with E-state index in [1.54, 1.807) is 12.4 Å². The lowest BCUT2D eigenvalue weighted by atomic mass is 10.0.